The molecular weight excluding hydrogens is 548 g/mol. The van der Waals surface area contributed by atoms with Crippen molar-refractivity contribution in [2.24, 2.45) is 0 Å². The minimum Gasteiger partial charge on any atom is -0.492 e. The molecule has 0 unspecified atom stereocenters. The van der Waals surface area contributed by atoms with Crippen LogP contribution in [-0.4, -0.2) is 31.1 Å². The average molecular weight is 583 g/mol. The average Bonchev–Trinajstić information content (AvgIpc) is 3.49. The van der Waals surface area contributed by atoms with Crippen molar-refractivity contribution in [2.45, 2.75) is 26.6 Å². The Balaban J connectivity index is 1.29. The molecular formula is C33H34N4O4S. The van der Waals surface area contributed by atoms with Gasteiger partial charge in [0, 0.05) is 37.2 Å². The van der Waals surface area contributed by atoms with Crippen LogP contribution in [0.1, 0.15) is 16.7 Å². The molecule has 0 aliphatic rings. The summed E-state index contributed by atoms with van der Waals surface area (Å²) in [7, 11) is -3.40. The minimum absolute atomic E-state index is 0.506. The normalized spacial score (nSPS) is 11.2. The molecule has 0 aliphatic carbocycles. The van der Waals surface area contributed by atoms with Crippen molar-refractivity contribution in [2.75, 3.05) is 22.5 Å². The topological polar surface area (TPSA) is 85.7 Å². The molecule has 0 aliphatic heterocycles. The van der Waals surface area contributed by atoms with Crippen molar-refractivity contribution >= 4 is 21.4 Å². The van der Waals surface area contributed by atoms with Gasteiger partial charge in [-0.2, -0.15) is 5.10 Å². The van der Waals surface area contributed by atoms with Gasteiger partial charge >= 0.3 is 0 Å². The summed E-state index contributed by atoms with van der Waals surface area (Å²) in [6.45, 7) is 4.39. The van der Waals surface area contributed by atoms with Gasteiger partial charge in [0.25, 0.3) is 0 Å². The lowest BCUT2D eigenvalue weighted by Crippen LogP contribution is -2.23. The summed E-state index contributed by atoms with van der Waals surface area (Å²) in [6, 6.07) is 33.4. The molecule has 0 saturated heterocycles. The molecule has 9 heteroatoms. The second-order valence-electron chi connectivity index (χ2n) is 10.0. The molecule has 4 aromatic carbocycles. The molecule has 0 atom stereocenters. The van der Waals surface area contributed by atoms with Crippen LogP contribution in [0.2, 0.25) is 0 Å². The first-order valence-electron chi connectivity index (χ1n) is 13.7. The van der Waals surface area contributed by atoms with Crippen molar-refractivity contribution in [3.8, 4) is 17.2 Å². The fraction of sp³-hybridized carbons (Fsp3) is 0.182. The Morgan fingerprint density at radius 1 is 0.810 bits per heavy atom. The lowest BCUT2D eigenvalue weighted by atomic mass is 10.1. The maximum atomic E-state index is 11.9. The summed E-state index contributed by atoms with van der Waals surface area (Å²) in [5.74, 6) is 2.14. The number of hydrogen-bond acceptors (Lipinski definition) is 6. The standard InChI is InChI=1S/C33H34N4O4S/c1-26-32(35-42(2,38)39)13-7-14-33(26)36(24-27-9-4-3-5-10-27)25-28-15-17-29(18-16-28)41-31-12-6-11-30(23-31)40-22-21-37-20-8-19-34-37/h3-20,23,35H,21-22,24-25H2,1-2H3. The maximum absolute atomic E-state index is 11.9. The van der Waals surface area contributed by atoms with E-state index in [1.54, 1.807) is 12.3 Å². The highest BCUT2D eigenvalue weighted by molar-refractivity contribution is 7.92. The molecule has 0 fully saturated rings. The minimum atomic E-state index is -3.40. The van der Waals surface area contributed by atoms with Crippen molar-refractivity contribution in [1.29, 1.82) is 0 Å². The molecule has 8 nitrogen and oxygen atoms in total. The van der Waals surface area contributed by atoms with Gasteiger partial charge in [0.1, 0.15) is 23.9 Å². The van der Waals surface area contributed by atoms with Gasteiger partial charge in [-0.1, -0.05) is 54.6 Å². The highest BCUT2D eigenvalue weighted by Crippen LogP contribution is 2.31. The number of aromatic nitrogens is 2. The Hall–Kier alpha value is -4.76. The Labute approximate surface area is 247 Å². The van der Waals surface area contributed by atoms with Crippen LogP contribution in [0.5, 0.6) is 17.2 Å². The van der Waals surface area contributed by atoms with Crippen molar-refractivity contribution in [1.82, 2.24) is 9.78 Å². The van der Waals surface area contributed by atoms with E-state index in [1.165, 1.54) is 0 Å². The van der Waals surface area contributed by atoms with E-state index in [1.807, 2.05) is 103 Å². The molecule has 1 aromatic heterocycles. The molecule has 5 rings (SSSR count). The Morgan fingerprint density at radius 3 is 2.24 bits per heavy atom. The van der Waals surface area contributed by atoms with Crippen LogP contribution >= 0.6 is 0 Å². The quantitative estimate of drug-likeness (QED) is 0.168. The van der Waals surface area contributed by atoms with Crippen LogP contribution in [0, 0.1) is 6.92 Å². The highest BCUT2D eigenvalue weighted by Gasteiger charge is 2.15. The predicted octanol–water partition coefficient (Wildman–Crippen LogP) is 6.64. The van der Waals surface area contributed by atoms with Gasteiger partial charge in [-0.3, -0.25) is 9.40 Å². The van der Waals surface area contributed by atoms with Crippen molar-refractivity contribution < 1.29 is 17.9 Å². The third-order valence-corrected chi connectivity index (χ3v) is 7.23. The smallest absolute Gasteiger partial charge is 0.229 e. The van der Waals surface area contributed by atoms with E-state index in [9.17, 15) is 8.42 Å². The number of anilines is 2. The van der Waals surface area contributed by atoms with Gasteiger partial charge in [-0.25, -0.2) is 8.42 Å². The molecule has 0 amide bonds. The van der Waals surface area contributed by atoms with E-state index in [4.69, 9.17) is 9.47 Å². The largest absolute Gasteiger partial charge is 0.492 e. The second kappa shape index (κ2) is 13.3. The van der Waals surface area contributed by atoms with Crippen LogP contribution in [0.3, 0.4) is 0 Å². The van der Waals surface area contributed by atoms with Gasteiger partial charge in [0.15, 0.2) is 0 Å². The number of nitrogens with zero attached hydrogens (tertiary/aromatic N) is 3. The first kappa shape index (κ1) is 28.8. The summed E-state index contributed by atoms with van der Waals surface area (Å²) < 4.78 is 40.3. The van der Waals surface area contributed by atoms with Gasteiger partial charge in [-0.05, 0) is 66.1 Å². The molecule has 0 radical (unpaired) electrons. The summed E-state index contributed by atoms with van der Waals surface area (Å²) in [4.78, 5) is 2.25. The van der Waals surface area contributed by atoms with Gasteiger partial charge in [0.2, 0.25) is 10.0 Å². The summed E-state index contributed by atoms with van der Waals surface area (Å²) in [5.41, 5.74) is 4.65. The fourth-order valence-electron chi connectivity index (χ4n) is 4.64. The van der Waals surface area contributed by atoms with Gasteiger partial charge < -0.3 is 14.4 Å². The predicted molar refractivity (Wildman–Crippen MR) is 167 cm³/mol. The molecule has 0 spiro atoms. The molecule has 1 heterocycles. The molecule has 0 bridgehead atoms. The van der Waals surface area contributed by atoms with Gasteiger partial charge in [0.05, 0.1) is 18.5 Å². The lowest BCUT2D eigenvalue weighted by molar-refractivity contribution is 0.290. The molecule has 216 valence electrons. The molecule has 1 N–H and O–H groups in total. The monoisotopic (exact) mass is 582 g/mol. The van der Waals surface area contributed by atoms with E-state index < -0.39 is 10.0 Å². The van der Waals surface area contributed by atoms with E-state index >= 15 is 0 Å². The Bertz CT molecular complexity index is 1690. The van der Waals surface area contributed by atoms with Crippen LogP contribution in [-0.2, 0) is 29.7 Å². The summed E-state index contributed by atoms with van der Waals surface area (Å²) in [5, 5.41) is 4.19. The van der Waals surface area contributed by atoms with E-state index in [-0.39, 0.29) is 0 Å². The van der Waals surface area contributed by atoms with Crippen LogP contribution in [0.25, 0.3) is 0 Å². The third-order valence-electron chi connectivity index (χ3n) is 6.64. The number of sulfonamides is 1. The fourth-order valence-corrected chi connectivity index (χ4v) is 5.26. The van der Waals surface area contributed by atoms with Crippen LogP contribution < -0.4 is 19.1 Å². The number of ether oxygens (including phenoxy) is 2. The van der Waals surface area contributed by atoms with Gasteiger partial charge in [-0.15, -0.1) is 0 Å². The summed E-state index contributed by atoms with van der Waals surface area (Å²) >= 11 is 0. The van der Waals surface area contributed by atoms with Crippen LogP contribution in [0.15, 0.2) is 116 Å². The number of benzene rings is 4. The molecule has 0 saturated carbocycles. The maximum Gasteiger partial charge on any atom is 0.229 e. The Kier molecular flexibility index (Phi) is 9.08. The number of rotatable bonds is 13. The number of nitrogens with one attached hydrogen (secondary N) is 1. The Morgan fingerprint density at radius 2 is 1.52 bits per heavy atom. The highest BCUT2D eigenvalue weighted by atomic mass is 32.2. The first-order valence-corrected chi connectivity index (χ1v) is 15.5. The van der Waals surface area contributed by atoms with E-state index in [0.29, 0.717) is 37.7 Å². The van der Waals surface area contributed by atoms with Crippen molar-refractivity contribution in [3.05, 3.63) is 132 Å². The van der Waals surface area contributed by atoms with E-state index in [2.05, 4.69) is 26.9 Å². The molecule has 5 aromatic rings. The zero-order valence-corrected chi connectivity index (χ0v) is 24.5. The summed E-state index contributed by atoms with van der Waals surface area (Å²) in [6.07, 6.45) is 4.82. The lowest BCUT2D eigenvalue weighted by Gasteiger charge is -2.28. The number of hydrogen-bond donors (Lipinski definition) is 1. The van der Waals surface area contributed by atoms with Crippen LogP contribution in [0.4, 0.5) is 11.4 Å². The first-order chi connectivity index (χ1) is 20.3. The zero-order chi connectivity index (χ0) is 29.4. The SMILES string of the molecule is Cc1c(NS(C)(=O)=O)cccc1N(Cc1ccccc1)Cc1ccc(Oc2cccc(OCCn3cccn3)c2)cc1. The van der Waals surface area contributed by atoms with E-state index in [0.717, 1.165) is 40.1 Å². The zero-order valence-electron chi connectivity index (χ0n) is 23.7. The second-order valence-corrected chi connectivity index (χ2v) is 11.8. The third kappa shape index (κ3) is 8.14. The van der Waals surface area contributed by atoms with Crippen molar-refractivity contribution in [3.63, 3.8) is 0 Å². The molecule has 42 heavy (non-hydrogen) atoms.